The molecule has 0 saturated carbocycles. The molecule has 10 aromatic carbocycles. The van der Waals surface area contributed by atoms with Crippen LogP contribution in [0.3, 0.4) is 0 Å². The van der Waals surface area contributed by atoms with Crippen LogP contribution in [0.5, 0.6) is 0 Å². The van der Waals surface area contributed by atoms with Gasteiger partial charge in [-0.3, -0.25) is 0 Å². The molecule has 0 unspecified atom stereocenters. The smallest absolute Gasteiger partial charge is 0.0541 e. The number of rotatable bonds is 6. The van der Waals surface area contributed by atoms with Crippen LogP contribution in [0, 0.1) is 0 Å². The van der Waals surface area contributed by atoms with Gasteiger partial charge in [-0.05, 0) is 120 Å². The summed E-state index contributed by atoms with van der Waals surface area (Å²) in [4.78, 5) is 0. The Morgan fingerprint density at radius 3 is 1.02 bits per heavy atom. The third kappa shape index (κ3) is 5.63. The van der Waals surface area contributed by atoms with Crippen molar-refractivity contribution >= 4 is 43.4 Å². The summed E-state index contributed by atoms with van der Waals surface area (Å²) in [6.45, 7) is 0. The second-order valence-corrected chi connectivity index (χ2v) is 14.9. The van der Waals surface area contributed by atoms with Gasteiger partial charge in [0.1, 0.15) is 0 Å². The Labute approximate surface area is 332 Å². The summed E-state index contributed by atoms with van der Waals surface area (Å²) in [5, 5.41) is 7.54. The van der Waals surface area contributed by atoms with E-state index in [4.69, 9.17) is 0 Å². The minimum absolute atomic E-state index is 1.14. The molecule has 266 valence electrons. The van der Waals surface area contributed by atoms with Crippen molar-refractivity contribution in [3.8, 4) is 61.3 Å². The fraction of sp³-hybridized carbons (Fsp3) is 0. The van der Waals surface area contributed by atoms with E-state index in [1.807, 2.05) is 0 Å². The molecule has 11 aromatic rings. The van der Waals surface area contributed by atoms with Crippen LogP contribution in [0.25, 0.3) is 105 Å². The highest BCUT2D eigenvalue weighted by Crippen LogP contribution is 2.45. The van der Waals surface area contributed by atoms with Gasteiger partial charge >= 0.3 is 0 Å². The molecule has 1 aromatic heterocycles. The van der Waals surface area contributed by atoms with Gasteiger partial charge in [0.15, 0.2) is 0 Å². The van der Waals surface area contributed by atoms with Crippen LogP contribution in [0.4, 0.5) is 0 Å². The lowest BCUT2D eigenvalue weighted by Crippen LogP contribution is -1.94. The Balaban J connectivity index is 1.08. The van der Waals surface area contributed by atoms with Crippen LogP contribution >= 0.6 is 0 Å². The van der Waals surface area contributed by atoms with Gasteiger partial charge in [0.05, 0.1) is 11.0 Å². The highest BCUT2D eigenvalue weighted by atomic mass is 15.0. The Morgan fingerprint density at radius 2 is 0.544 bits per heavy atom. The van der Waals surface area contributed by atoms with Gasteiger partial charge in [-0.15, -0.1) is 0 Å². The number of benzene rings is 10. The van der Waals surface area contributed by atoms with Crippen LogP contribution in [0.1, 0.15) is 0 Å². The molecule has 0 aliphatic carbocycles. The number of hydrogen-bond donors (Lipinski definition) is 0. The third-order valence-electron chi connectivity index (χ3n) is 11.6. The monoisotopic (exact) mass is 723 g/mol. The zero-order chi connectivity index (χ0) is 37.7. The molecule has 0 bridgehead atoms. The van der Waals surface area contributed by atoms with E-state index in [1.165, 1.54) is 99.0 Å². The molecule has 0 atom stereocenters. The Bertz CT molecular complexity index is 3140. The first-order valence-electron chi connectivity index (χ1n) is 19.7. The summed E-state index contributed by atoms with van der Waals surface area (Å²) >= 11 is 0. The van der Waals surface area contributed by atoms with Gasteiger partial charge in [0, 0.05) is 16.5 Å². The molecule has 0 fully saturated rings. The molecule has 0 aliphatic rings. The number of aromatic nitrogens is 1. The first-order chi connectivity index (χ1) is 28.3. The van der Waals surface area contributed by atoms with Crippen LogP contribution in [-0.4, -0.2) is 4.57 Å². The van der Waals surface area contributed by atoms with Crippen molar-refractivity contribution in [2.45, 2.75) is 0 Å². The summed E-state index contributed by atoms with van der Waals surface area (Å²) in [6, 6.07) is 81.9. The van der Waals surface area contributed by atoms with Gasteiger partial charge < -0.3 is 4.57 Å². The fourth-order valence-electron chi connectivity index (χ4n) is 8.91. The van der Waals surface area contributed by atoms with E-state index in [2.05, 4.69) is 229 Å². The van der Waals surface area contributed by atoms with Crippen molar-refractivity contribution < 1.29 is 0 Å². The topological polar surface area (TPSA) is 4.93 Å². The van der Waals surface area contributed by atoms with Crippen molar-refractivity contribution in [1.29, 1.82) is 0 Å². The molecule has 0 N–H and O–H groups in total. The van der Waals surface area contributed by atoms with E-state index in [0.29, 0.717) is 0 Å². The van der Waals surface area contributed by atoms with Crippen molar-refractivity contribution in [2.24, 2.45) is 0 Å². The van der Waals surface area contributed by atoms with Crippen LogP contribution in [0.2, 0.25) is 0 Å². The highest BCUT2D eigenvalue weighted by Gasteiger charge is 2.18. The van der Waals surface area contributed by atoms with Crippen LogP contribution in [-0.2, 0) is 0 Å². The first-order valence-corrected chi connectivity index (χ1v) is 19.7. The Morgan fingerprint density at radius 1 is 0.211 bits per heavy atom. The second-order valence-electron chi connectivity index (χ2n) is 14.9. The largest absolute Gasteiger partial charge is 0.309 e. The lowest BCUT2D eigenvalue weighted by Gasteiger charge is -2.19. The normalized spacial score (nSPS) is 11.5. The minimum Gasteiger partial charge on any atom is -0.309 e. The number of fused-ring (bicyclic) bond motifs is 5. The van der Waals surface area contributed by atoms with Gasteiger partial charge in [-0.1, -0.05) is 182 Å². The van der Waals surface area contributed by atoms with E-state index in [9.17, 15) is 0 Å². The van der Waals surface area contributed by atoms with Crippen molar-refractivity contribution in [3.63, 3.8) is 0 Å². The van der Waals surface area contributed by atoms with Gasteiger partial charge in [0.2, 0.25) is 0 Å². The van der Waals surface area contributed by atoms with Gasteiger partial charge in [-0.25, -0.2) is 0 Å². The van der Waals surface area contributed by atoms with Crippen molar-refractivity contribution in [2.75, 3.05) is 0 Å². The molecule has 1 nitrogen and oxygen atoms in total. The second kappa shape index (κ2) is 13.7. The minimum atomic E-state index is 1.14. The molecule has 11 rings (SSSR count). The standard InChI is InChI=1S/C56H37N/c1-5-15-38(16-6-1)44-28-33-53-50(35-44)51-36-45(39-17-7-2-8-18-39)29-34-54(51)57(53)46-30-25-40(26-31-46)43-27-32-49-52(37-43)56(42-21-11-4-12-22-42)48-24-14-13-23-47(48)55(49)41-19-9-3-10-20-41/h1-37H. The summed E-state index contributed by atoms with van der Waals surface area (Å²) in [6.07, 6.45) is 0. The average molecular weight is 724 g/mol. The predicted octanol–water partition coefficient (Wildman–Crippen LogP) is 15.4. The van der Waals surface area contributed by atoms with Crippen LogP contribution < -0.4 is 0 Å². The molecule has 1 heteroatoms. The average Bonchev–Trinajstić information content (AvgIpc) is 3.62. The number of hydrogen-bond acceptors (Lipinski definition) is 0. The van der Waals surface area contributed by atoms with E-state index < -0.39 is 0 Å². The highest BCUT2D eigenvalue weighted by molar-refractivity contribution is 6.22. The molecule has 0 amide bonds. The molecule has 1 heterocycles. The third-order valence-corrected chi connectivity index (χ3v) is 11.6. The van der Waals surface area contributed by atoms with E-state index in [0.717, 1.165) is 5.69 Å². The van der Waals surface area contributed by atoms with Crippen LogP contribution in [0.15, 0.2) is 224 Å². The summed E-state index contributed by atoms with van der Waals surface area (Å²) in [5.74, 6) is 0. The first kappa shape index (κ1) is 32.9. The molecular weight excluding hydrogens is 687 g/mol. The summed E-state index contributed by atoms with van der Waals surface area (Å²) < 4.78 is 2.42. The zero-order valence-electron chi connectivity index (χ0n) is 31.3. The van der Waals surface area contributed by atoms with Gasteiger partial charge in [0.25, 0.3) is 0 Å². The van der Waals surface area contributed by atoms with Crippen molar-refractivity contribution in [1.82, 2.24) is 4.57 Å². The zero-order valence-corrected chi connectivity index (χ0v) is 31.3. The van der Waals surface area contributed by atoms with E-state index >= 15 is 0 Å². The van der Waals surface area contributed by atoms with E-state index in [1.54, 1.807) is 0 Å². The maximum absolute atomic E-state index is 2.42. The lowest BCUT2D eigenvalue weighted by molar-refractivity contribution is 1.18. The SMILES string of the molecule is c1ccc(-c2ccc3c(c2)c2cc(-c4ccccc4)ccc2n3-c2ccc(-c3ccc4c(-c5ccccc5)c5ccccc5c(-c5ccccc5)c4c3)cc2)cc1. The molecular formula is C56H37N. The predicted molar refractivity (Wildman–Crippen MR) is 243 cm³/mol. The maximum Gasteiger partial charge on any atom is 0.0541 e. The quantitative estimate of drug-likeness (QED) is 0.151. The van der Waals surface area contributed by atoms with Gasteiger partial charge in [-0.2, -0.15) is 0 Å². The number of nitrogens with zero attached hydrogens (tertiary/aromatic N) is 1. The Kier molecular flexibility index (Phi) is 7.89. The molecule has 0 radical (unpaired) electrons. The fourth-order valence-corrected chi connectivity index (χ4v) is 8.91. The maximum atomic E-state index is 2.42. The molecule has 57 heavy (non-hydrogen) atoms. The van der Waals surface area contributed by atoms with E-state index in [-0.39, 0.29) is 0 Å². The molecule has 0 aliphatic heterocycles. The van der Waals surface area contributed by atoms with Crippen molar-refractivity contribution in [3.05, 3.63) is 224 Å². The summed E-state index contributed by atoms with van der Waals surface area (Å²) in [7, 11) is 0. The molecule has 0 spiro atoms. The Hall–Kier alpha value is -7.48. The lowest BCUT2D eigenvalue weighted by atomic mass is 9.85. The summed E-state index contributed by atoms with van der Waals surface area (Å²) in [5.41, 5.74) is 15.8. The molecule has 0 saturated heterocycles.